The number of non-ortho nitro benzene ring substituents is 1. The van der Waals surface area contributed by atoms with Crippen molar-refractivity contribution in [2.24, 2.45) is 0 Å². The molecular formula is C12H13NO7. The van der Waals surface area contributed by atoms with Crippen molar-refractivity contribution in [2.75, 3.05) is 0 Å². The Labute approximate surface area is 114 Å². The van der Waals surface area contributed by atoms with Gasteiger partial charge >= 0.3 is 12.1 Å². The molecule has 0 aliphatic carbocycles. The van der Waals surface area contributed by atoms with Crippen LogP contribution in [0.5, 0.6) is 5.75 Å². The summed E-state index contributed by atoms with van der Waals surface area (Å²) >= 11 is 0. The number of carbonyl (C=O) groups excluding carboxylic acids is 2. The number of nitro groups is 1. The SMILES string of the molecule is CCC(=O)OC(C)OC(=O)Oc1ccc([N+](=O)[O-])cc1. The van der Waals surface area contributed by atoms with Gasteiger partial charge < -0.3 is 14.2 Å². The number of nitrogens with zero attached hydrogens (tertiary/aromatic N) is 1. The summed E-state index contributed by atoms with van der Waals surface area (Å²) in [4.78, 5) is 32.1. The highest BCUT2D eigenvalue weighted by atomic mass is 16.8. The summed E-state index contributed by atoms with van der Waals surface area (Å²) in [6.45, 7) is 2.97. The van der Waals surface area contributed by atoms with Gasteiger partial charge in [-0.2, -0.15) is 0 Å². The number of esters is 1. The van der Waals surface area contributed by atoms with Crippen molar-refractivity contribution in [1.29, 1.82) is 0 Å². The van der Waals surface area contributed by atoms with Crippen LogP contribution >= 0.6 is 0 Å². The largest absolute Gasteiger partial charge is 0.516 e. The molecule has 0 bridgehead atoms. The summed E-state index contributed by atoms with van der Waals surface area (Å²) in [5.74, 6) is -0.435. The second-order valence-corrected chi connectivity index (χ2v) is 3.63. The molecule has 0 aromatic heterocycles. The van der Waals surface area contributed by atoms with Crippen LogP contribution in [0.1, 0.15) is 20.3 Å². The summed E-state index contributed by atoms with van der Waals surface area (Å²) in [5, 5.41) is 10.4. The maximum Gasteiger partial charge on any atom is 0.516 e. The smallest absolute Gasteiger partial charge is 0.425 e. The third-order valence-corrected chi connectivity index (χ3v) is 2.10. The molecular weight excluding hydrogens is 270 g/mol. The van der Waals surface area contributed by atoms with E-state index in [4.69, 9.17) is 9.47 Å². The molecule has 1 unspecified atom stereocenters. The molecule has 0 aliphatic heterocycles. The van der Waals surface area contributed by atoms with Gasteiger partial charge in [0.25, 0.3) is 5.69 Å². The normalized spacial score (nSPS) is 11.3. The molecule has 0 aliphatic rings. The summed E-state index contributed by atoms with van der Waals surface area (Å²) in [6, 6.07) is 4.87. The average Bonchev–Trinajstić information content (AvgIpc) is 2.38. The number of ether oxygens (including phenoxy) is 3. The van der Waals surface area contributed by atoms with Gasteiger partial charge in [0.1, 0.15) is 5.75 Å². The van der Waals surface area contributed by atoms with E-state index in [9.17, 15) is 19.7 Å². The molecule has 0 spiro atoms. The molecule has 20 heavy (non-hydrogen) atoms. The molecule has 0 amide bonds. The Kier molecular flexibility index (Phi) is 5.45. The van der Waals surface area contributed by atoms with Crippen molar-refractivity contribution in [2.45, 2.75) is 26.6 Å². The zero-order valence-electron chi connectivity index (χ0n) is 10.9. The molecule has 8 nitrogen and oxygen atoms in total. The Morgan fingerprint density at radius 1 is 1.25 bits per heavy atom. The topological polar surface area (TPSA) is 105 Å². The Bertz CT molecular complexity index is 497. The number of rotatable bonds is 5. The number of carbonyl (C=O) groups is 2. The van der Waals surface area contributed by atoms with Gasteiger partial charge in [-0.15, -0.1) is 0 Å². The molecule has 1 aromatic carbocycles. The Hall–Kier alpha value is -2.64. The fraction of sp³-hybridized carbons (Fsp3) is 0.333. The van der Waals surface area contributed by atoms with Crippen LogP contribution in [0.3, 0.4) is 0 Å². The molecule has 0 saturated carbocycles. The van der Waals surface area contributed by atoms with Gasteiger partial charge in [0.05, 0.1) is 4.92 Å². The molecule has 0 saturated heterocycles. The lowest BCUT2D eigenvalue weighted by atomic mass is 10.3. The van der Waals surface area contributed by atoms with E-state index >= 15 is 0 Å². The van der Waals surface area contributed by atoms with Crippen LogP contribution in [0.2, 0.25) is 0 Å². The molecule has 1 atom stereocenters. The number of hydrogen-bond donors (Lipinski definition) is 0. The molecule has 108 valence electrons. The fourth-order valence-electron chi connectivity index (χ4n) is 1.18. The minimum absolute atomic E-state index is 0.0784. The molecule has 0 fully saturated rings. The number of nitro benzene ring substituents is 1. The van der Waals surface area contributed by atoms with E-state index in [1.54, 1.807) is 6.92 Å². The first-order valence-corrected chi connectivity index (χ1v) is 5.74. The van der Waals surface area contributed by atoms with E-state index in [2.05, 4.69) is 4.74 Å². The highest BCUT2D eigenvalue weighted by Crippen LogP contribution is 2.17. The van der Waals surface area contributed by atoms with Gasteiger partial charge in [-0.25, -0.2) is 4.79 Å². The van der Waals surface area contributed by atoms with E-state index in [0.717, 1.165) is 0 Å². The van der Waals surface area contributed by atoms with Crippen molar-refractivity contribution >= 4 is 17.8 Å². The minimum atomic E-state index is -1.08. The molecule has 1 aromatic rings. The standard InChI is InChI=1S/C12H13NO7/c1-3-11(14)18-8(2)19-12(15)20-10-6-4-9(5-7-10)13(16)17/h4-8H,3H2,1-2H3. The molecule has 8 heteroatoms. The highest BCUT2D eigenvalue weighted by molar-refractivity contribution is 5.69. The van der Waals surface area contributed by atoms with Gasteiger partial charge in [-0.1, -0.05) is 6.92 Å². The van der Waals surface area contributed by atoms with E-state index in [0.29, 0.717) is 0 Å². The van der Waals surface area contributed by atoms with Gasteiger partial charge in [0.2, 0.25) is 6.29 Å². The maximum atomic E-state index is 11.3. The molecule has 0 radical (unpaired) electrons. The van der Waals surface area contributed by atoms with Gasteiger partial charge in [-0.05, 0) is 12.1 Å². The van der Waals surface area contributed by atoms with E-state index in [1.165, 1.54) is 31.2 Å². The van der Waals surface area contributed by atoms with Crippen molar-refractivity contribution in [3.8, 4) is 5.75 Å². The summed E-state index contributed by atoms with van der Waals surface area (Å²) < 4.78 is 14.1. The van der Waals surface area contributed by atoms with Gasteiger partial charge in [-0.3, -0.25) is 14.9 Å². The first-order chi connectivity index (χ1) is 9.42. The van der Waals surface area contributed by atoms with Crippen LogP contribution in [0.15, 0.2) is 24.3 Å². The Balaban J connectivity index is 2.49. The zero-order chi connectivity index (χ0) is 15.1. The second kappa shape index (κ2) is 7.07. The predicted molar refractivity (Wildman–Crippen MR) is 66.1 cm³/mol. The average molecular weight is 283 g/mol. The second-order valence-electron chi connectivity index (χ2n) is 3.63. The summed E-state index contributed by atoms with van der Waals surface area (Å²) in [7, 11) is 0. The number of hydrogen-bond acceptors (Lipinski definition) is 7. The minimum Gasteiger partial charge on any atom is -0.425 e. The lowest BCUT2D eigenvalue weighted by molar-refractivity contribution is -0.384. The van der Waals surface area contributed by atoms with Crippen molar-refractivity contribution < 1.29 is 28.7 Å². The van der Waals surface area contributed by atoms with E-state index in [1.807, 2.05) is 0 Å². The lowest BCUT2D eigenvalue weighted by Gasteiger charge is -2.13. The summed E-state index contributed by atoms with van der Waals surface area (Å²) in [6.07, 6.45) is -1.99. The van der Waals surface area contributed by atoms with Crippen LogP contribution < -0.4 is 4.74 Å². The first kappa shape index (κ1) is 15.4. The van der Waals surface area contributed by atoms with Gasteiger partial charge in [0, 0.05) is 25.5 Å². The quantitative estimate of drug-likeness (QED) is 0.268. The van der Waals surface area contributed by atoms with Crippen LogP contribution in [0, 0.1) is 10.1 Å². The van der Waals surface area contributed by atoms with Crippen molar-refractivity contribution in [3.63, 3.8) is 0 Å². The number of benzene rings is 1. The Morgan fingerprint density at radius 2 is 1.85 bits per heavy atom. The maximum absolute atomic E-state index is 11.3. The van der Waals surface area contributed by atoms with Crippen LogP contribution in [-0.2, 0) is 14.3 Å². The van der Waals surface area contributed by atoms with Gasteiger partial charge in [0.15, 0.2) is 0 Å². The Morgan fingerprint density at radius 3 is 2.35 bits per heavy atom. The van der Waals surface area contributed by atoms with E-state index < -0.39 is 23.3 Å². The molecule has 0 heterocycles. The third kappa shape index (κ3) is 4.92. The zero-order valence-corrected chi connectivity index (χ0v) is 10.9. The fourth-order valence-corrected chi connectivity index (χ4v) is 1.18. The van der Waals surface area contributed by atoms with Crippen LogP contribution in [0.25, 0.3) is 0 Å². The van der Waals surface area contributed by atoms with Crippen LogP contribution in [-0.4, -0.2) is 23.3 Å². The monoisotopic (exact) mass is 283 g/mol. The van der Waals surface area contributed by atoms with Crippen molar-refractivity contribution in [1.82, 2.24) is 0 Å². The molecule has 1 rings (SSSR count). The lowest BCUT2D eigenvalue weighted by Crippen LogP contribution is -2.23. The first-order valence-electron chi connectivity index (χ1n) is 5.74. The molecule has 0 N–H and O–H groups in total. The third-order valence-electron chi connectivity index (χ3n) is 2.10. The van der Waals surface area contributed by atoms with E-state index in [-0.39, 0.29) is 17.9 Å². The van der Waals surface area contributed by atoms with Crippen LogP contribution in [0.4, 0.5) is 10.5 Å². The highest BCUT2D eigenvalue weighted by Gasteiger charge is 2.15. The predicted octanol–water partition coefficient (Wildman–Crippen LogP) is 2.41. The summed E-state index contributed by atoms with van der Waals surface area (Å²) in [5.41, 5.74) is -0.129. The van der Waals surface area contributed by atoms with Crippen molar-refractivity contribution in [3.05, 3.63) is 34.4 Å².